The van der Waals surface area contributed by atoms with E-state index in [4.69, 9.17) is 5.73 Å². The molecule has 1 aromatic rings. The monoisotopic (exact) mass is 340 g/mol. The van der Waals surface area contributed by atoms with E-state index in [9.17, 15) is 22.4 Å². The van der Waals surface area contributed by atoms with Gasteiger partial charge in [-0.05, 0) is 43.9 Å². The molecular weight excluding hydrogens is 324 g/mol. The first kappa shape index (κ1) is 18.7. The highest BCUT2D eigenvalue weighted by molar-refractivity contribution is 5.95. The van der Waals surface area contributed by atoms with Crippen molar-refractivity contribution in [2.75, 3.05) is 6.54 Å². The molecule has 1 amide bonds. The smallest absolute Gasteiger partial charge is 0.345 e. The molecule has 1 unspecified atom stereocenters. The summed E-state index contributed by atoms with van der Waals surface area (Å²) in [5.41, 5.74) is 3.31. The van der Waals surface area contributed by atoms with Crippen molar-refractivity contribution in [2.24, 2.45) is 11.7 Å². The predicted octanol–water partition coefficient (Wildman–Crippen LogP) is 3.12. The molecular formula is C14H17ClF4N2O. The highest BCUT2D eigenvalue weighted by Crippen LogP contribution is 2.39. The zero-order valence-electron chi connectivity index (χ0n) is 11.8. The standard InChI is InChI=1S/C14H16F4N2O.ClH/c1-13(7-19,9-3-4-9)20-12(21)8-2-5-11(15)10(6-8)14(16,17)18;/h2,5-6,9H,3-4,7,19H2,1H3,(H,20,21);1H. The highest BCUT2D eigenvalue weighted by Gasteiger charge is 2.42. The van der Waals surface area contributed by atoms with Crippen LogP contribution in [0.25, 0.3) is 0 Å². The summed E-state index contributed by atoms with van der Waals surface area (Å²) >= 11 is 0. The van der Waals surface area contributed by atoms with Gasteiger partial charge in [0.05, 0.1) is 11.1 Å². The lowest BCUT2D eigenvalue weighted by Gasteiger charge is -2.29. The van der Waals surface area contributed by atoms with Crippen molar-refractivity contribution in [1.82, 2.24) is 5.32 Å². The van der Waals surface area contributed by atoms with Crippen LogP contribution in [0.3, 0.4) is 0 Å². The van der Waals surface area contributed by atoms with E-state index in [-0.39, 0.29) is 30.4 Å². The molecule has 8 heteroatoms. The maximum absolute atomic E-state index is 13.2. The lowest BCUT2D eigenvalue weighted by Crippen LogP contribution is -2.53. The van der Waals surface area contributed by atoms with Gasteiger partial charge in [-0.15, -0.1) is 12.4 Å². The van der Waals surface area contributed by atoms with Crippen LogP contribution in [-0.4, -0.2) is 18.0 Å². The van der Waals surface area contributed by atoms with Crippen LogP contribution >= 0.6 is 12.4 Å². The van der Waals surface area contributed by atoms with Gasteiger partial charge >= 0.3 is 6.18 Å². The molecule has 1 aliphatic carbocycles. The van der Waals surface area contributed by atoms with Gasteiger partial charge in [-0.25, -0.2) is 4.39 Å². The normalized spacial score (nSPS) is 17.4. The van der Waals surface area contributed by atoms with Crippen molar-refractivity contribution in [1.29, 1.82) is 0 Å². The van der Waals surface area contributed by atoms with E-state index in [1.165, 1.54) is 0 Å². The SMILES string of the molecule is CC(CN)(NC(=O)c1ccc(F)c(C(F)(F)F)c1)C1CC1.Cl. The van der Waals surface area contributed by atoms with E-state index in [2.05, 4.69) is 5.32 Å². The topological polar surface area (TPSA) is 55.1 Å². The van der Waals surface area contributed by atoms with E-state index in [1.54, 1.807) is 6.92 Å². The van der Waals surface area contributed by atoms with Crippen LogP contribution in [0.15, 0.2) is 18.2 Å². The number of amides is 1. The molecule has 124 valence electrons. The Bertz CT molecular complexity index is 560. The maximum Gasteiger partial charge on any atom is 0.419 e. The minimum absolute atomic E-state index is 0. The summed E-state index contributed by atoms with van der Waals surface area (Å²) in [6.45, 7) is 1.95. The minimum Gasteiger partial charge on any atom is -0.345 e. The Hall–Kier alpha value is -1.34. The molecule has 3 nitrogen and oxygen atoms in total. The molecule has 22 heavy (non-hydrogen) atoms. The molecule has 0 spiro atoms. The summed E-state index contributed by atoms with van der Waals surface area (Å²) < 4.78 is 51.1. The quantitative estimate of drug-likeness (QED) is 0.827. The third-order valence-corrected chi connectivity index (χ3v) is 3.84. The minimum atomic E-state index is -4.84. The van der Waals surface area contributed by atoms with Crippen LogP contribution in [0.5, 0.6) is 0 Å². The van der Waals surface area contributed by atoms with Crippen molar-refractivity contribution < 1.29 is 22.4 Å². The fourth-order valence-electron chi connectivity index (χ4n) is 2.26. The first-order valence-electron chi connectivity index (χ1n) is 6.57. The summed E-state index contributed by atoms with van der Waals surface area (Å²) in [5.74, 6) is -1.85. The van der Waals surface area contributed by atoms with Gasteiger partial charge in [0.2, 0.25) is 0 Å². The predicted molar refractivity (Wildman–Crippen MR) is 76.3 cm³/mol. The molecule has 1 aromatic carbocycles. The van der Waals surface area contributed by atoms with Gasteiger partial charge in [0.15, 0.2) is 0 Å². The Morgan fingerprint density at radius 2 is 1.95 bits per heavy atom. The Balaban J connectivity index is 0.00000242. The van der Waals surface area contributed by atoms with Crippen LogP contribution in [-0.2, 0) is 6.18 Å². The molecule has 0 heterocycles. The number of rotatable bonds is 4. The van der Waals surface area contributed by atoms with Crippen LogP contribution < -0.4 is 11.1 Å². The van der Waals surface area contributed by atoms with Crippen molar-refractivity contribution in [3.05, 3.63) is 35.1 Å². The zero-order valence-corrected chi connectivity index (χ0v) is 12.7. The Morgan fingerprint density at radius 1 is 1.36 bits per heavy atom. The molecule has 1 saturated carbocycles. The molecule has 3 N–H and O–H groups in total. The largest absolute Gasteiger partial charge is 0.419 e. The molecule has 0 aliphatic heterocycles. The molecule has 0 radical (unpaired) electrons. The van der Waals surface area contributed by atoms with Crippen molar-refractivity contribution in [2.45, 2.75) is 31.5 Å². The highest BCUT2D eigenvalue weighted by atomic mass is 35.5. The molecule has 0 saturated heterocycles. The van der Waals surface area contributed by atoms with E-state index < -0.39 is 29.0 Å². The number of carbonyl (C=O) groups excluding carboxylic acids is 1. The van der Waals surface area contributed by atoms with Gasteiger partial charge in [-0.3, -0.25) is 4.79 Å². The van der Waals surface area contributed by atoms with Crippen molar-refractivity contribution in [3.63, 3.8) is 0 Å². The second-order valence-electron chi connectivity index (χ2n) is 5.54. The lowest BCUT2D eigenvalue weighted by atomic mass is 9.95. The Kier molecular flexibility index (Phi) is 5.46. The number of hydrogen-bond donors (Lipinski definition) is 2. The van der Waals surface area contributed by atoms with Crippen LogP contribution in [0, 0.1) is 11.7 Å². The summed E-state index contributed by atoms with van der Waals surface area (Å²) in [7, 11) is 0. The Morgan fingerprint density at radius 3 is 2.41 bits per heavy atom. The third-order valence-electron chi connectivity index (χ3n) is 3.84. The Labute approximate surface area is 131 Å². The first-order valence-corrected chi connectivity index (χ1v) is 6.57. The van der Waals surface area contributed by atoms with Crippen LogP contribution in [0.1, 0.15) is 35.7 Å². The van der Waals surface area contributed by atoms with Crippen molar-refractivity contribution >= 4 is 18.3 Å². The van der Waals surface area contributed by atoms with Crippen molar-refractivity contribution in [3.8, 4) is 0 Å². The number of hydrogen-bond acceptors (Lipinski definition) is 2. The maximum atomic E-state index is 13.2. The van der Waals surface area contributed by atoms with Gasteiger partial charge in [0, 0.05) is 12.1 Å². The molecule has 0 bridgehead atoms. The van der Waals surface area contributed by atoms with Gasteiger partial charge < -0.3 is 11.1 Å². The van der Waals surface area contributed by atoms with Gasteiger partial charge in [-0.1, -0.05) is 0 Å². The number of nitrogens with two attached hydrogens (primary N) is 1. The number of carbonyl (C=O) groups is 1. The molecule has 1 aliphatic rings. The van der Waals surface area contributed by atoms with Crippen LogP contribution in [0.2, 0.25) is 0 Å². The lowest BCUT2D eigenvalue weighted by molar-refractivity contribution is -0.140. The molecule has 1 atom stereocenters. The van der Waals surface area contributed by atoms with Gasteiger partial charge in [-0.2, -0.15) is 13.2 Å². The van der Waals surface area contributed by atoms with E-state index in [0.29, 0.717) is 12.1 Å². The van der Waals surface area contributed by atoms with E-state index >= 15 is 0 Å². The third kappa shape index (κ3) is 3.89. The number of halogens is 5. The average Bonchev–Trinajstić information content (AvgIpc) is 3.22. The average molecular weight is 341 g/mol. The summed E-state index contributed by atoms with van der Waals surface area (Å²) in [5, 5.41) is 2.67. The molecule has 0 aromatic heterocycles. The summed E-state index contributed by atoms with van der Waals surface area (Å²) in [6.07, 6.45) is -3.00. The van der Waals surface area contributed by atoms with E-state index in [1.807, 2.05) is 0 Å². The second kappa shape index (κ2) is 6.42. The molecule has 2 rings (SSSR count). The fraction of sp³-hybridized carbons (Fsp3) is 0.500. The number of alkyl halides is 3. The fourth-order valence-corrected chi connectivity index (χ4v) is 2.26. The summed E-state index contributed by atoms with van der Waals surface area (Å²) in [6, 6.07) is 2.20. The zero-order chi connectivity index (χ0) is 15.8. The van der Waals surface area contributed by atoms with Gasteiger partial charge in [0.25, 0.3) is 5.91 Å². The number of nitrogens with one attached hydrogen (secondary N) is 1. The summed E-state index contributed by atoms with van der Waals surface area (Å²) in [4.78, 5) is 12.1. The second-order valence-corrected chi connectivity index (χ2v) is 5.54. The molecule has 1 fully saturated rings. The van der Waals surface area contributed by atoms with E-state index in [0.717, 1.165) is 18.9 Å². The van der Waals surface area contributed by atoms with Crippen LogP contribution in [0.4, 0.5) is 17.6 Å². The number of benzene rings is 1. The first-order chi connectivity index (χ1) is 9.67. The van der Waals surface area contributed by atoms with Gasteiger partial charge in [0.1, 0.15) is 5.82 Å².